The number of aromatic nitrogens is 3. The maximum atomic E-state index is 14.1. The Morgan fingerprint density at radius 3 is 2.72 bits per heavy atom. The highest BCUT2D eigenvalue weighted by Gasteiger charge is 2.61. The van der Waals surface area contributed by atoms with Gasteiger partial charge in [-0.3, -0.25) is 9.59 Å². The van der Waals surface area contributed by atoms with Crippen LogP contribution in [0.1, 0.15) is 61.1 Å². The second kappa shape index (κ2) is 9.65. The van der Waals surface area contributed by atoms with Crippen molar-refractivity contribution in [1.82, 2.24) is 25.6 Å². The number of benzene rings is 3. The first-order chi connectivity index (χ1) is 24.4. The zero-order chi connectivity index (χ0) is 33.5. The molecule has 11 heteroatoms. The molecule has 0 saturated heterocycles. The van der Waals surface area contributed by atoms with Gasteiger partial charge >= 0.3 is 0 Å². The first kappa shape index (κ1) is 28.0. The van der Waals surface area contributed by atoms with E-state index in [1.165, 1.54) is 0 Å². The number of hydrogen-bond acceptors (Lipinski definition) is 8. The predicted molar refractivity (Wildman–Crippen MR) is 183 cm³/mol. The van der Waals surface area contributed by atoms with Gasteiger partial charge in [-0.1, -0.05) is 56.3 Å². The first-order valence-electron chi connectivity index (χ1n) is 17.3. The van der Waals surface area contributed by atoms with Crippen molar-refractivity contribution in [3.8, 4) is 39.8 Å². The molecule has 11 nitrogen and oxygen atoms in total. The second-order valence-corrected chi connectivity index (χ2v) is 14.5. The van der Waals surface area contributed by atoms with Crippen LogP contribution in [0.25, 0.3) is 44.9 Å². The Kier molecular flexibility index (Phi) is 5.41. The number of oxazole rings is 2. The van der Waals surface area contributed by atoms with Gasteiger partial charge in [0.1, 0.15) is 23.2 Å². The Balaban J connectivity index is 1.24. The summed E-state index contributed by atoms with van der Waals surface area (Å²) < 4.78 is 20.4. The highest BCUT2D eigenvalue weighted by Crippen LogP contribution is 2.61. The third kappa shape index (κ3) is 3.64. The van der Waals surface area contributed by atoms with Crippen molar-refractivity contribution < 1.29 is 23.2 Å². The van der Waals surface area contributed by atoms with E-state index in [-0.39, 0.29) is 23.7 Å². The molecule has 2 unspecified atom stereocenters. The lowest BCUT2D eigenvalue weighted by Gasteiger charge is -2.28. The molecule has 1 aliphatic carbocycles. The van der Waals surface area contributed by atoms with Gasteiger partial charge in [0.05, 0.1) is 6.20 Å². The summed E-state index contributed by atoms with van der Waals surface area (Å²) in [6, 6.07) is 17.2. The number of anilines is 1. The molecule has 4 N–H and O–H groups in total. The molecule has 1 spiro atoms. The molecule has 0 radical (unpaired) electrons. The monoisotopic (exact) mass is 664 g/mol. The average molecular weight is 665 g/mol. The predicted octanol–water partition coefficient (Wildman–Crippen LogP) is 6.20. The minimum Gasteiger partial charge on any atom is -0.469 e. The summed E-state index contributed by atoms with van der Waals surface area (Å²) in [6.07, 6.45) is 5.08. The molecule has 50 heavy (non-hydrogen) atoms. The van der Waals surface area contributed by atoms with Gasteiger partial charge in [-0.2, -0.15) is 0 Å². The van der Waals surface area contributed by atoms with Crippen LogP contribution in [0.5, 0.6) is 5.75 Å². The van der Waals surface area contributed by atoms with E-state index in [0.29, 0.717) is 41.2 Å². The van der Waals surface area contributed by atoms with Crippen LogP contribution in [0, 0.1) is 11.8 Å². The number of hydrogen-bond donors (Lipinski definition) is 4. The summed E-state index contributed by atoms with van der Waals surface area (Å²) in [4.78, 5) is 40.5. The van der Waals surface area contributed by atoms with E-state index >= 15 is 0 Å². The van der Waals surface area contributed by atoms with Crippen LogP contribution in [-0.2, 0) is 21.4 Å². The average Bonchev–Trinajstić information content (AvgIpc) is 3.46. The molecular formula is C39H32N6O5. The molecule has 3 aromatic carbocycles. The van der Waals surface area contributed by atoms with E-state index in [1.54, 1.807) is 6.20 Å². The second-order valence-electron chi connectivity index (χ2n) is 14.5. The van der Waals surface area contributed by atoms with Crippen molar-refractivity contribution in [3.05, 3.63) is 95.3 Å². The van der Waals surface area contributed by atoms with Gasteiger partial charge in [0.15, 0.2) is 23.4 Å². The smallest absolute Gasteiger partial charge is 0.249 e. The third-order valence-electron chi connectivity index (χ3n) is 11.1. The fraction of sp³-hybridized carbons (Fsp3) is 0.282. The normalized spacial score (nSPS) is 23.7. The molecule has 2 amide bonds. The fourth-order valence-corrected chi connectivity index (χ4v) is 8.49. The Labute approximate surface area is 285 Å². The molecule has 10 bridgehead atoms. The van der Waals surface area contributed by atoms with E-state index in [1.807, 2.05) is 32.2 Å². The lowest BCUT2D eigenvalue weighted by molar-refractivity contribution is -0.130. The maximum Gasteiger partial charge on any atom is 0.249 e. The number of para-hydroxylation sites is 1. The molecule has 1 saturated carbocycles. The lowest BCUT2D eigenvalue weighted by atomic mass is 9.72. The maximum absolute atomic E-state index is 14.1. The molecule has 5 aliphatic rings. The Bertz CT molecular complexity index is 2450. The summed E-state index contributed by atoms with van der Waals surface area (Å²) >= 11 is 0. The van der Waals surface area contributed by atoms with Crippen LogP contribution in [-0.4, -0.2) is 39.0 Å². The number of ether oxygens (including phenoxy) is 1. The Morgan fingerprint density at radius 2 is 1.86 bits per heavy atom. The van der Waals surface area contributed by atoms with Crippen molar-refractivity contribution in [2.75, 3.05) is 5.32 Å². The number of nitrogens with one attached hydrogen (secondary N) is 4. The topological polar surface area (TPSA) is 147 Å². The number of aromatic amines is 1. The van der Waals surface area contributed by atoms with Crippen molar-refractivity contribution in [2.24, 2.45) is 11.8 Å². The minimum absolute atomic E-state index is 0.0457. The molecule has 248 valence electrons. The van der Waals surface area contributed by atoms with Crippen molar-refractivity contribution in [2.45, 2.75) is 56.8 Å². The zero-order valence-electron chi connectivity index (χ0n) is 27.3. The van der Waals surface area contributed by atoms with Crippen LogP contribution >= 0.6 is 0 Å². The number of carbonyl (C=O) groups is 2. The van der Waals surface area contributed by atoms with Crippen LogP contribution in [0.3, 0.4) is 0 Å². The summed E-state index contributed by atoms with van der Waals surface area (Å²) in [5, 5.41) is 11.1. The van der Waals surface area contributed by atoms with Gasteiger partial charge in [0.2, 0.25) is 23.6 Å². The van der Waals surface area contributed by atoms with E-state index in [0.717, 1.165) is 62.8 Å². The van der Waals surface area contributed by atoms with Crippen LogP contribution in [0.4, 0.5) is 5.69 Å². The van der Waals surface area contributed by atoms with Gasteiger partial charge in [-0.05, 0) is 42.0 Å². The molecule has 4 aliphatic heterocycles. The lowest BCUT2D eigenvalue weighted by Crippen LogP contribution is -2.50. The molecule has 1 fully saturated rings. The van der Waals surface area contributed by atoms with Crippen LogP contribution in [0.2, 0.25) is 0 Å². The van der Waals surface area contributed by atoms with Gasteiger partial charge in [-0.15, -0.1) is 0 Å². The van der Waals surface area contributed by atoms with Gasteiger partial charge in [0, 0.05) is 57.4 Å². The molecule has 7 heterocycles. The SMILES string of the molecule is CC(C)[C@@H]1NC(=O)[C@@H](NC(=O)C2CC2)Cc2ccc3c(c2)C24c5cccc(c5NC2O3)-c2cccc3[nH]cc(c23)-c2cnc(o2)-c2nc1oc24. The zero-order valence-corrected chi connectivity index (χ0v) is 27.3. The number of fused-ring (bicyclic) bond motifs is 7. The van der Waals surface area contributed by atoms with Gasteiger partial charge < -0.3 is 34.5 Å². The van der Waals surface area contributed by atoms with Crippen molar-refractivity contribution >= 4 is 28.4 Å². The number of H-pyrrole nitrogens is 1. The first-order valence-corrected chi connectivity index (χ1v) is 17.3. The number of amides is 2. The third-order valence-corrected chi connectivity index (χ3v) is 11.1. The summed E-state index contributed by atoms with van der Waals surface area (Å²) in [5.74, 6) is 1.92. The van der Waals surface area contributed by atoms with E-state index < -0.39 is 23.7 Å². The summed E-state index contributed by atoms with van der Waals surface area (Å²) in [6.45, 7) is 4.02. The molecular weight excluding hydrogens is 632 g/mol. The number of rotatable bonds is 3. The molecule has 3 aromatic heterocycles. The standard InChI is InChI=1S/C39H32N6O5/c1-17(2)30-37-44-32-33(50-37)39-23-7-3-6-21(20-5-4-8-25-29(20)22(15-40-25)28-16-41-36(32)48-28)31(23)45-38(39)49-27-12-9-18(13-24(27)39)14-26(35(47)43-30)42-34(46)19-10-11-19/h3-9,12-13,15-17,19,26,30,38,40,45H,10-11,14H2,1-2H3,(H,42,46)(H,43,47)/t26-,30-,38?,39?/m0/s1. The Hall–Kier alpha value is -5.84. The molecule has 4 atom stereocenters. The highest BCUT2D eigenvalue weighted by atomic mass is 16.5. The van der Waals surface area contributed by atoms with Gasteiger partial charge in [-0.25, -0.2) is 9.97 Å². The molecule has 6 aromatic rings. The van der Waals surface area contributed by atoms with Crippen LogP contribution in [0.15, 0.2) is 75.8 Å². The summed E-state index contributed by atoms with van der Waals surface area (Å²) in [5.41, 5.74) is 7.04. The minimum atomic E-state index is -1.00. The highest BCUT2D eigenvalue weighted by molar-refractivity contribution is 6.07. The van der Waals surface area contributed by atoms with E-state index in [2.05, 4.69) is 63.4 Å². The van der Waals surface area contributed by atoms with Crippen molar-refractivity contribution in [1.29, 1.82) is 0 Å². The Morgan fingerprint density at radius 1 is 1.00 bits per heavy atom. The van der Waals surface area contributed by atoms with E-state index in [9.17, 15) is 9.59 Å². The number of carbonyl (C=O) groups excluding carboxylic acids is 2. The van der Waals surface area contributed by atoms with E-state index in [4.69, 9.17) is 23.5 Å². The number of nitrogens with zero attached hydrogens (tertiary/aromatic N) is 2. The van der Waals surface area contributed by atoms with Gasteiger partial charge in [0.25, 0.3) is 0 Å². The summed E-state index contributed by atoms with van der Waals surface area (Å²) in [7, 11) is 0. The fourth-order valence-electron chi connectivity index (χ4n) is 8.49. The van der Waals surface area contributed by atoms with Crippen LogP contribution < -0.4 is 20.7 Å². The molecule has 11 rings (SSSR count). The largest absolute Gasteiger partial charge is 0.469 e. The van der Waals surface area contributed by atoms with Crippen molar-refractivity contribution in [3.63, 3.8) is 0 Å². The quantitative estimate of drug-likeness (QED) is 0.175.